The van der Waals surface area contributed by atoms with Crippen LogP contribution >= 0.6 is 0 Å². The number of anilines is 1. The van der Waals surface area contributed by atoms with Gasteiger partial charge in [0.15, 0.2) is 0 Å². The summed E-state index contributed by atoms with van der Waals surface area (Å²) in [6.45, 7) is 1.49. The summed E-state index contributed by atoms with van der Waals surface area (Å²) in [4.78, 5) is 42.8. The Labute approximate surface area is 166 Å². The normalized spacial score (nSPS) is 22.2. The fourth-order valence-electron chi connectivity index (χ4n) is 4.83. The molecule has 2 heterocycles. The number of para-hydroxylation sites is 1. The molecule has 1 aromatic rings. The zero-order chi connectivity index (χ0) is 19.5. The molecule has 0 aromatic heterocycles. The third kappa shape index (κ3) is 3.91. The molecular weight excluding hydrogens is 354 g/mol. The largest absolute Gasteiger partial charge is 0.343 e. The number of hydrogen-bond donors (Lipinski definition) is 0. The van der Waals surface area contributed by atoms with Crippen molar-refractivity contribution in [2.24, 2.45) is 5.92 Å². The molecule has 4 amide bonds. The number of likely N-dealkylation sites (tertiary alicyclic amines) is 1. The zero-order valence-corrected chi connectivity index (χ0v) is 16.4. The molecule has 2 saturated heterocycles. The van der Waals surface area contributed by atoms with Gasteiger partial charge in [-0.2, -0.15) is 0 Å². The second kappa shape index (κ2) is 8.33. The first kappa shape index (κ1) is 19.0. The molecule has 1 aliphatic carbocycles. The minimum absolute atomic E-state index is 0.0314. The molecule has 6 heteroatoms. The number of piperidine rings is 1. The van der Waals surface area contributed by atoms with Crippen molar-refractivity contribution in [3.8, 4) is 0 Å². The van der Waals surface area contributed by atoms with Crippen molar-refractivity contribution >= 4 is 23.5 Å². The number of amides is 4. The summed E-state index contributed by atoms with van der Waals surface area (Å²) < 4.78 is 0. The van der Waals surface area contributed by atoms with Crippen LogP contribution in [0.2, 0.25) is 0 Å². The highest BCUT2D eigenvalue weighted by Gasteiger charge is 2.41. The van der Waals surface area contributed by atoms with Crippen molar-refractivity contribution in [3.63, 3.8) is 0 Å². The number of benzene rings is 1. The van der Waals surface area contributed by atoms with Crippen molar-refractivity contribution < 1.29 is 14.4 Å². The van der Waals surface area contributed by atoms with Crippen LogP contribution < -0.4 is 4.90 Å². The first-order valence-corrected chi connectivity index (χ1v) is 10.6. The van der Waals surface area contributed by atoms with Crippen molar-refractivity contribution in [1.29, 1.82) is 0 Å². The van der Waals surface area contributed by atoms with E-state index in [0.29, 0.717) is 31.1 Å². The number of nitrogens with zero attached hydrogens (tertiary/aromatic N) is 3. The summed E-state index contributed by atoms with van der Waals surface area (Å²) in [6, 6.07) is 8.89. The summed E-state index contributed by atoms with van der Waals surface area (Å²) in [6.07, 6.45) is 8.35. The second-order valence-corrected chi connectivity index (χ2v) is 8.30. The highest BCUT2D eigenvalue weighted by atomic mass is 16.2. The predicted octanol–water partition coefficient (Wildman–Crippen LogP) is 3.42. The number of rotatable bonds is 4. The molecule has 6 nitrogen and oxygen atoms in total. The fourth-order valence-corrected chi connectivity index (χ4v) is 4.83. The molecule has 3 fully saturated rings. The van der Waals surface area contributed by atoms with Crippen LogP contribution in [-0.4, -0.2) is 53.3 Å². The molecular formula is C22H29N3O3. The minimum atomic E-state index is -0.233. The maximum Gasteiger partial charge on any atom is 0.332 e. The molecule has 0 unspecified atom stereocenters. The Morgan fingerprint density at radius 1 is 0.929 bits per heavy atom. The van der Waals surface area contributed by atoms with E-state index < -0.39 is 0 Å². The Morgan fingerprint density at radius 2 is 1.61 bits per heavy atom. The molecule has 0 atom stereocenters. The van der Waals surface area contributed by atoms with Gasteiger partial charge >= 0.3 is 6.03 Å². The number of carbonyl (C=O) groups is 3. The monoisotopic (exact) mass is 383 g/mol. The molecule has 3 aliphatic rings. The topological polar surface area (TPSA) is 60.9 Å². The summed E-state index contributed by atoms with van der Waals surface area (Å²) >= 11 is 0. The Balaban J connectivity index is 1.32. The molecule has 28 heavy (non-hydrogen) atoms. The third-order valence-electron chi connectivity index (χ3n) is 6.45. The van der Waals surface area contributed by atoms with E-state index in [4.69, 9.17) is 0 Å². The Kier molecular flexibility index (Phi) is 5.64. The summed E-state index contributed by atoms with van der Waals surface area (Å²) in [5.41, 5.74) is 0.625. The van der Waals surface area contributed by atoms with Gasteiger partial charge in [-0.05, 0) is 43.7 Å². The molecule has 1 aromatic carbocycles. The van der Waals surface area contributed by atoms with Crippen LogP contribution in [0.4, 0.5) is 10.5 Å². The van der Waals surface area contributed by atoms with E-state index in [1.54, 1.807) is 17.0 Å². The third-order valence-corrected chi connectivity index (χ3v) is 6.45. The molecule has 150 valence electrons. The van der Waals surface area contributed by atoms with Crippen molar-refractivity contribution in [2.75, 3.05) is 24.5 Å². The predicted molar refractivity (Wildman–Crippen MR) is 107 cm³/mol. The lowest BCUT2D eigenvalue weighted by Crippen LogP contribution is -2.48. The maximum absolute atomic E-state index is 12.8. The van der Waals surface area contributed by atoms with Gasteiger partial charge in [-0.15, -0.1) is 0 Å². The highest BCUT2D eigenvalue weighted by molar-refractivity contribution is 6.19. The van der Waals surface area contributed by atoms with Crippen LogP contribution in [-0.2, 0) is 9.59 Å². The van der Waals surface area contributed by atoms with E-state index in [0.717, 1.165) is 12.8 Å². The minimum Gasteiger partial charge on any atom is -0.343 e. The molecule has 4 rings (SSSR count). The van der Waals surface area contributed by atoms with E-state index in [2.05, 4.69) is 0 Å². The number of imide groups is 1. The molecule has 0 N–H and O–H groups in total. The quantitative estimate of drug-likeness (QED) is 0.749. The lowest BCUT2D eigenvalue weighted by molar-refractivity contribution is -0.134. The molecule has 2 aliphatic heterocycles. The van der Waals surface area contributed by atoms with Crippen LogP contribution in [0.3, 0.4) is 0 Å². The van der Waals surface area contributed by atoms with E-state index in [-0.39, 0.29) is 30.4 Å². The Bertz CT molecular complexity index is 722. The lowest BCUT2D eigenvalue weighted by atomic mass is 9.86. The van der Waals surface area contributed by atoms with Crippen LogP contribution in [0.25, 0.3) is 0 Å². The van der Waals surface area contributed by atoms with Gasteiger partial charge in [-0.3, -0.25) is 9.59 Å². The van der Waals surface area contributed by atoms with E-state index >= 15 is 0 Å². The average Bonchev–Trinajstić information content (AvgIpc) is 3.03. The second-order valence-electron chi connectivity index (χ2n) is 8.30. The lowest BCUT2D eigenvalue weighted by Gasteiger charge is -2.36. The SMILES string of the molecule is O=C(CC1CCCCC1)N1CCC(N2CC(=O)N(c3ccccc3)C2=O)CC1. The first-order chi connectivity index (χ1) is 13.6. The van der Waals surface area contributed by atoms with E-state index in [1.165, 1.54) is 37.0 Å². The highest BCUT2D eigenvalue weighted by Crippen LogP contribution is 2.29. The number of hydrogen-bond acceptors (Lipinski definition) is 3. The van der Waals surface area contributed by atoms with Crippen LogP contribution in [0.15, 0.2) is 30.3 Å². The Hall–Kier alpha value is -2.37. The van der Waals surface area contributed by atoms with E-state index in [1.807, 2.05) is 23.1 Å². The number of carbonyl (C=O) groups excluding carboxylic acids is 3. The van der Waals surface area contributed by atoms with Crippen LogP contribution in [0.1, 0.15) is 51.4 Å². The summed E-state index contributed by atoms with van der Waals surface area (Å²) in [7, 11) is 0. The average molecular weight is 383 g/mol. The molecule has 0 radical (unpaired) electrons. The van der Waals surface area contributed by atoms with Crippen LogP contribution in [0, 0.1) is 5.92 Å². The van der Waals surface area contributed by atoms with Crippen molar-refractivity contribution in [3.05, 3.63) is 30.3 Å². The first-order valence-electron chi connectivity index (χ1n) is 10.6. The van der Waals surface area contributed by atoms with Gasteiger partial charge in [0.2, 0.25) is 5.91 Å². The Morgan fingerprint density at radius 3 is 2.29 bits per heavy atom. The maximum atomic E-state index is 12.8. The van der Waals surface area contributed by atoms with Gasteiger partial charge < -0.3 is 9.80 Å². The van der Waals surface area contributed by atoms with Crippen molar-refractivity contribution in [2.45, 2.75) is 57.4 Å². The fraction of sp³-hybridized carbons (Fsp3) is 0.591. The van der Waals surface area contributed by atoms with Crippen LogP contribution in [0.5, 0.6) is 0 Å². The van der Waals surface area contributed by atoms with E-state index in [9.17, 15) is 14.4 Å². The van der Waals surface area contributed by atoms with Gasteiger partial charge in [0, 0.05) is 25.6 Å². The number of urea groups is 1. The van der Waals surface area contributed by atoms with Gasteiger partial charge in [-0.1, -0.05) is 37.5 Å². The van der Waals surface area contributed by atoms with Gasteiger partial charge in [0.05, 0.1) is 5.69 Å². The smallest absolute Gasteiger partial charge is 0.332 e. The van der Waals surface area contributed by atoms with Gasteiger partial charge in [0.1, 0.15) is 6.54 Å². The van der Waals surface area contributed by atoms with Crippen molar-refractivity contribution in [1.82, 2.24) is 9.80 Å². The standard InChI is InChI=1S/C22H29N3O3/c26-20(15-17-7-3-1-4-8-17)23-13-11-18(12-14-23)24-16-21(27)25(22(24)28)19-9-5-2-6-10-19/h2,5-6,9-10,17-18H,1,3-4,7-8,11-16H2. The van der Waals surface area contributed by atoms with Gasteiger partial charge in [-0.25, -0.2) is 9.69 Å². The molecule has 1 saturated carbocycles. The molecule has 0 spiro atoms. The summed E-state index contributed by atoms with van der Waals surface area (Å²) in [5, 5.41) is 0. The zero-order valence-electron chi connectivity index (χ0n) is 16.4. The molecule has 0 bridgehead atoms. The van der Waals surface area contributed by atoms with Gasteiger partial charge in [0.25, 0.3) is 5.91 Å². The summed E-state index contributed by atoms with van der Waals surface area (Å²) in [5.74, 6) is 0.642.